The fraction of sp³-hybridized carbons (Fsp3) is 0.538. The van der Waals surface area contributed by atoms with Gasteiger partial charge in [0.1, 0.15) is 0 Å². The van der Waals surface area contributed by atoms with Crippen LogP contribution in [0.4, 0.5) is 5.69 Å². The van der Waals surface area contributed by atoms with Crippen molar-refractivity contribution in [3.05, 3.63) is 24.0 Å². The first-order valence-electron chi connectivity index (χ1n) is 6.16. The molecule has 5 nitrogen and oxygen atoms in total. The van der Waals surface area contributed by atoms with Gasteiger partial charge in [-0.2, -0.15) is 0 Å². The largest absolute Gasteiger partial charge is 0.397 e. The Morgan fingerprint density at radius 1 is 1.50 bits per heavy atom. The van der Waals surface area contributed by atoms with Crippen LogP contribution in [-0.2, 0) is 0 Å². The third-order valence-electron chi connectivity index (χ3n) is 3.61. The number of amides is 1. The van der Waals surface area contributed by atoms with Gasteiger partial charge in [0, 0.05) is 25.3 Å². The Morgan fingerprint density at radius 3 is 2.78 bits per heavy atom. The predicted octanol–water partition coefficient (Wildman–Crippen LogP) is 0.686. The minimum absolute atomic E-state index is 0.00565. The van der Waals surface area contributed by atoms with E-state index in [1.54, 1.807) is 12.3 Å². The molecular weight excluding hydrogens is 228 g/mol. The number of hydrogen-bond acceptors (Lipinski definition) is 4. The Hall–Kier alpha value is -1.62. The molecule has 98 valence electrons. The molecule has 18 heavy (non-hydrogen) atoms. The summed E-state index contributed by atoms with van der Waals surface area (Å²) in [5.74, 6) is 0.484. The van der Waals surface area contributed by atoms with E-state index in [1.165, 1.54) is 6.20 Å². The second-order valence-corrected chi connectivity index (χ2v) is 5.18. The smallest absolute Gasteiger partial charge is 0.256 e. The average molecular weight is 248 g/mol. The third-order valence-corrected chi connectivity index (χ3v) is 3.61. The van der Waals surface area contributed by atoms with Crippen molar-refractivity contribution in [3.8, 4) is 0 Å². The highest BCUT2D eigenvalue weighted by atomic mass is 16.2. The summed E-state index contributed by atoms with van der Waals surface area (Å²) in [4.78, 5) is 20.3. The number of carbonyl (C=O) groups is 1. The van der Waals surface area contributed by atoms with Crippen LogP contribution >= 0.6 is 0 Å². The van der Waals surface area contributed by atoms with Crippen molar-refractivity contribution in [1.29, 1.82) is 0 Å². The van der Waals surface area contributed by atoms with Gasteiger partial charge >= 0.3 is 0 Å². The van der Waals surface area contributed by atoms with Crippen LogP contribution in [0.1, 0.15) is 17.3 Å². The van der Waals surface area contributed by atoms with Gasteiger partial charge in [-0.3, -0.25) is 9.78 Å². The molecule has 1 aliphatic rings. The number of pyridine rings is 1. The molecule has 1 fully saturated rings. The fourth-order valence-electron chi connectivity index (χ4n) is 2.56. The Balaban J connectivity index is 2.15. The molecule has 1 amide bonds. The lowest BCUT2D eigenvalue weighted by Gasteiger charge is -2.22. The van der Waals surface area contributed by atoms with E-state index in [0.29, 0.717) is 23.2 Å². The van der Waals surface area contributed by atoms with Crippen molar-refractivity contribution in [2.75, 3.05) is 32.9 Å². The molecule has 1 aromatic rings. The Kier molecular flexibility index (Phi) is 3.52. The van der Waals surface area contributed by atoms with Crippen molar-refractivity contribution in [2.24, 2.45) is 5.92 Å². The number of aromatic nitrogens is 1. The average Bonchev–Trinajstić information content (AvgIpc) is 2.71. The van der Waals surface area contributed by atoms with Crippen molar-refractivity contribution in [1.82, 2.24) is 14.8 Å². The summed E-state index contributed by atoms with van der Waals surface area (Å²) in [6.07, 6.45) is 3.13. The Bertz CT molecular complexity index is 446. The molecule has 0 spiro atoms. The molecule has 1 aliphatic heterocycles. The summed E-state index contributed by atoms with van der Waals surface area (Å²) in [6, 6.07) is 2.10. The number of carbonyl (C=O) groups excluding carboxylic acids is 1. The molecule has 2 atom stereocenters. The highest BCUT2D eigenvalue weighted by Crippen LogP contribution is 2.23. The maximum absolute atomic E-state index is 12.4. The summed E-state index contributed by atoms with van der Waals surface area (Å²) >= 11 is 0. The van der Waals surface area contributed by atoms with E-state index in [4.69, 9.17) is 5.73 Å². The molecule has 0 aromatic carbocycles. The van der Waals surface area contributed by atoms with Crippen LogP contribution in [-0.4, -0.2) is 53.9 Å². The standard InChI is InChI=1S/C13H20N4O/c1-9-7-17(8-12(9)16(2)3)13(18)10-4-5-15-6-11(10)14/h4-6,9,12H,7-8,14H2,1-3H3. The monoisotopic (exact) mass is 248 g/mol. The van der Waals surface area contributed by atoms with E-state index in [1.807, 2.05) is 4.90 Å². The third kappa shape index (κ3) is 2.31. The van der Waals surface area contributed by atoms with Gasteiger partial charge in [-0.05, 0) is 26.1 Å². The minimum atomic E-state index is 0.00565. The lowest BCUT2D eigenvalue weighted by molar-refractivity contribution is 0.0782. The number of nitrogens with two attached hydrogens (primary N) is 1. The second-order valence-electron chi connectivity index (χ2n) is 5.18. The van der Waals surface area contributed by atoms with Crippen LogP contribution in [0.25, 0.3) is 0 Å². The number of likely N-dealkylation sites (tertiary alicyclic amines) is 1. The van der Waals surface area contributed by atoms with E-state index >= 15 is 0 Å². The number of rotatable bonds is 2. The van der Waals surface area contributed by atoms with E-state index < -0.39 is 0 Å². The lowest BCUT2D eigenvalue weighted by Crippen LogP contribution is -2.36. The summed E-state index contributed by atoms with van der Waals surface area (Å²) in [6.45, 7) is 3.71. The van der Waals surface area contributed by atoms with Gasteiger partial charge in [0.15, 0.2) is 0 Å². The van der Waals surface area contributed by atoms with Crippen LogP contribution in [0.3, 0.4) is 0 Å². The molecule has 2 rings (SSSR count). The van der Waals surface area contributed by atoms with Crippen LogP contribution in [0.2, 0.25) is 0 Å². The minimum Gasteiger partial charge on any atom is -0.397 e. The van der Waals surface area contributed by atoms with Crippen molar-refractivity contribution in [2.45, 2.75) is 13.0 Å². The lowest BCUT2D eigenvalue weighted by atomic mass is 10.1. The number of nitrogens with zero attached hydrogens (tertiary/aromatic N) is 3. The molecule has 1 saturated heterocycles. The summed E-state index contributed by atoms with van der Waals surface area (Å²) in [5.41, 5.74) is 6.80. The normalized spacial score (nSPS) is 23.7. The van der Waals surface area contributed by atoms with E-state index in [-0.39, 0.29) is 5.91 Å². The Morgan fingerprint density at radius 2 is 2.22 bits per heavy atom. The maximum Gasteiger partial charge on any atom is 0.256 e. The quantitative estimate of drug-likeness (QED) is 0.836. The zero-order valence-corrected chi connectivity index (χ0v) is 11.1. The van der Waals surface area contributed by atoms with Crippen molar-refractivity contribution in [3.63, 3.8) is 0 Å². The van der Waals surface area contributed by atoms with Crippen LogP contribution < -0.4 is 5.73 Å². The first kappa shape index (κ1) is 12.8. The van der Waals surface area contributed by atoms with Gasteiger partial charge < -0.3 is 15.5 Å². The molecule has 0 radical (unpaired) electrons. The predicted molar refractivity (Wildman–Crippen MR) is 71.2 cm³/mol. The molecule has 0 saturated carbocycles. The zero-order valence-electron chi connectivity index (χ0n) is 11.1. The molecule has 2 unspecified atom stereocenters. The van der Waals surface area contributed by atoms with Gasteiger partial charge in [0.05, 0.1) is 17.4 Å². The SMILES string of the molecule is CC1CN(C(=O)c2ccncc2N)CC1N(C)C. The molecule has 2 N–H and O–H groups in total. The molecule has 2 heterocycles. The van der Waals surface area contributed by atoms with Gasteiger partial charge in [-0.25, -0.2) is 0 Å². The first-order chi connectivity index (χ1) is 8.50. The van der Waals surface area contributed by atoms with Crippen LogP contribution in [0.5, 0.6) is 0 Å². The highest BCUT2D eigenvalue weighted by Gasteiger charge is 2.34. The molecule has 5 heteroatoms. The molecule has 1 aromatic heterocycles. The maximum atomic E-state index is 12.4. The van der Waals surface area contributed by atoms with Crippen molar-refractivity contribution < 1.29 is 4.79 Å². The van der Waals surface area contributed by atoms with E-state index in [0.717, 1.165) is 13.1 Å². The number of anilines is 1. The zero-order chi connectivity index (χ0) is 13.3. The first-order valence-corrected chi connectivity index (χ1v) is 6.16. The number of nitrogen functional groups attached to an aromatic ring is 1. The molecular formula is C13H20N4O. The van der Waals surface area contributed by atoms with Crippen molar-refractivity contribution >= 4 is 11.6 Å². The van der Waals surface area contributed by atoms with Gasteiger partial charge in [0.2, 0.25) is 0 Å². The molecule has 0 aliphatic carbocycles. The van der Waals surface area contributed by atoms with Crippen LogP contribution in [0.15, 0.2) is 18.5 Å². The molecule has 0 bridgehead atoms. The number of likely N-dealkylation sites (N-methyl/N-ethyl adjacent to an activating group) is 1. The second kappa shape index (κ2) is 4.94. The highest BCUT2D eigenvalue weighted by molar-refractivity contribution is 5.99. The number of hydrogen-bond donors (Lipinski definition) is 1. The fourth-order valence-corrected chi connectivity index (χ4v) is 2.56. The summed E-state index contributed by atoms with van der Waals surface area (Å²) < 4.78 is 0. The van der Waals surface area contributed by atoms with E-state index in [2.05, 4.69) is 30.9 Å². The summed E-state index contributed by atoms with van der Waals surface area (Å²) in [5, 5.41) is 0. The van der Waals surface area contributed by atoms with Gasteiger partial charge in [-0.15, -0.1) is 0 Å². The van der Waals surface area contributed by atoms with Crippen LogP contribution in [0, 0.1) is 5.92 Å². The summed E-state index contributed by atoms with van der Waals surface area (Å²) in [7, 11) is 4.10. The van der Waals surface area contributed by atoms with Gasteiger partial charge in [-0.1, -0.05) is 6.92 Å². The Labute approximate surface area is 108 Å². The van der Waals surface area contributed by atoms with Gasteiger partial charge in [0.25, 0.3) is 5.91 Å². The topological polar surface area (TPSA) is 62.5 Å². The van der Waals surface area contributed by atoms with E-state index in [9.17, 15) is 4.79 Å².